The van der Waals surface area contributed by atoms with Gasteiger partial charge in [-0.25, -0.2) is 0 Å². The van der Waals surface area contributed by atoms with Crippen molar-refractivity contribution in [2.75, 3.05) is 0 Å². The van der Waals surface area contributed by atoms with Gasteiger partial charge in [-0.2, -0.15) is 0 Å². The number of hydrogen-bond acceptors (Lipinski definition) is 1. The van der Waals surface area contributed by atoms with Crippen molar-refractivity contribution >= 4 is 17.9 Å². The molecule has 0 saturated heterocycles. The van der Waals surface area contributed by atoms with Crippen LogP contribution in [0.3, 0.4) is 0 Å². The minimum atomic E-state index is 0.556. The Morgan fingerprint density at radius 2 is 2.44 bits per heavy atom. The van der Waals surface area contributed by atoms with E-state index in [1.165, 1.54) is 0 Å². The molecule has 0 aliphatic rings. The lowest BCUT2D eigenvalue weighted by Gasteiger charge is -1.83. The summed E-state index contributed by atoms with van der Waals surface area (Å²) in [6.07, 6.45) is 2.35. The smallest absolute Gasteiger partial charge is 0.166 e. The summed E-state index contributed by atoms with van der Waals surface area (Å²) in [6, 6.07) is 0. The van der Waals surface area contributed by atoms with Crippen molar-refractivity contribution in [3.63, 3.8) is 0 Å². The third kappa shape index (κ3) is 0.980. The molecule has 1 rings (SSSR count). The predicted octanol–water partition coefficient (Wildman–Crippen LogP) is 1.79. The summed E-state index contributed by atoms with van der Waals surface area (Å²) in [5, 5.41) is 0.608. The van der Waals surface area contributed by atoms with Crippen molar-refractivity contribution in [1.82, 2.24) is 4.98 Å². The number of carbonyl (C=O) groups excluding carboxylic acids is 1. The van der Waals surface area contributed by atoms with Gasteiger partial charge in [-0.05, 0) is 12.5 Å². The van der Waals surface area contributed by atoms with Crippen LogP contribution >= 0.6 is 11.6 Å². The molecule has 0 saturated carbocycles. The number of halogens is 1. The largest absolute Gasteiger partial charge is 0.357 e. The second-order valence-electron chi connectivity index (χ2n) is 1.79. The van der Waals surface area contributed by atoms with Crippen LogP contribution in [-0.2, 0) is 0 Å². The fraction of sp³-hybridized carbons (Fsp3) is 0.167. The number of rotatable bonds is 1. The Labute approximate surface area is 57.8 Å². The second kappa shape index (κ2) is 2.23. The zero-order chi connectivity index (χ0) is 6.85. The molecule has 2 nitrogen and oxygen atoms in total. The second-order valence-corrected chi connectivity index (χ2v) is 2.20. The third-order valence-corrected chi connectivity index (χ3v) is 1.63. The molecule has 1 aromatic heterocycles. The molecule has 0 atom stereocenters. The number of hydrogen-bond donors (Lipinski definition) is 1. The van der Waals surface area contributed by atoms with Crippen LogP contribution in [-0.4, -0.2) is 11.3 Å². The van der Waals surface area contributed by atoms with Crippen LogP contribution in [0.2, 0.25) is 5.02 Å². The fourth-order valence-electron chi connectivity index (χ4n) is 0.609. The highest BCUT2D eigenvalue weighted by Crippen LogP contribution is 2.15. The van der Waals surface area contributed by atoms with Crippen molar-refractivity contribution in [2.45, 2.75) is 6.92 Å². The summed E-state index contributed by atoms with van der Waals surface area (Å²) in [6.45, 7) is 1.79. The summed E-state index contributed by atoms with van der Waals surface area (Å²) in [5.41, 5.74) is 1.37. The van der Waals surface area contributed by atoms with Crippen molar-refractivity contribution in [3.05, 3.63) is 22.5 Å². The van der Waals surface area contributed by atoms with Crippen molar-refractivity contribution in [1.29, 1.82) is 0 Å². The van der Waals surface area contributed by atoms with E-state index in [2.05, 4.69) is 4.98 Å². The summed E-state index contributed by atoms with van der Waals surface area (Å²) < 4.78 is 0. The lowest BCUT2D eigenvalue weighted by molar-refractivity contribution is 0.111. The van der Waals surface area contributed by atoms with Gasteiger partial charge in [0.15, 0.2) is 6.29 Å². The van der Waals surface area contributed by atoms with E-state index in [1.54, 1.807) is 13.1 Å². The first-order valence-corrected chi connectivity index (χ1v) is 2.92. The standard InChI is InChI=1S/C6H6ClNO/c1-4-5(7)2-8-6(4)3-9/h2-3,8H,1H3. The van der Waals surface area contributed by atoms with Crippen LogP contribution in [0.15, 0.2) is 6.20 Å². The van der Waals surface area contributed by atoms with Gasteiger partial charge in [-0.3, -0.25) is 4.79 Å². The Bertz CT molecular complexity index is 229. The van der Waals surface area contributed by atoms with Crippen LogP contribution in [0.25, 0.3) is 0 Å². The zero-order valence-corrected chi connectivity index (χ0v) is 5.70. The molecule has 1 aromatic rings. The van der Waals surface area contributed by atoms with Crippen LogP contribution in [0, 0.1) is 6.92 Å². The maximum Gasteiger partial charge on any atom is 0.166 e. The molecule has 0 amide bonds. The molecule has 0 unspecified atom stereocenters. The summed E-state index contributed by atoms with van der Waals surface area (Å²) in [4.78, 5) is 12.9. The number of aromatic nitrogens is 1. The van der Waals surface area contributed by atoms with E-state index in [-0.39, 0.29) is 0 Å². The zero-order valence-electron chi connectivity index (χ0n) is 4.94. The van der Waals surface area contributed by atoms with E-state index < -0.39 is 0 Å². The fourth-order valence-corrected chi connectivity index (χ4v) is 0.765. The van der Waals surface area contributed by atoms with Gasteiger partial charge >= 0.3 is 0 Å². The molecule has 0 aliphatic heterocycles. The average molecular weight is 144 g/mol. The molecule has 0 spiro atoms. The van der Waals surface area contributed by atoms with Crippen LogP contribution in [0.5, 0.6) is 0 Å². The summed E-state index contributed by atoms with van der Waals surface area (Å²) >= 11 is 5.62. The van der Waals surface area contributed by atoms with Gasteiger partial charge in [-0.1, -0.05) is 11.6 Å². The average Bonchev–Trinajstić information content (AvgIpc) is 2.15. The number of nitrogens with one attached hydrogen (secondary N) is 1. The molecule has 48 valence electrons. The monoisotopic (exact) mass is 143 g/mol. The summed E-state index contributed by atoms with van der Waals surface area (Å²) in [7, 11) is 0. The minimum Gasteiger partial charge on any atom is -0.357 e. The van der Waals surface area contributed by atoms with E-state index in [0.29, 0.717) is 10.7 Å². The Morgan fingerprint density at radius 1 is 1.78 bits per heavy atom. The lowest BCUT2D eigenvalue weighted by atomic mass is 10.3. The number of carbonyl (C=O) groups is 1. The molecule has 3 heteroatoms. The van der Waals surface area contributed by atoms with Crippen LogP contribution < -0.4 is 0 Å². The van der Waals surface area contributed by atoms with E-state index in [0.717, 1.165) is 11.8 Å². The molecule has 9 heavy (non-hydrogen) atoms. The van der Waals surface area contributed by atoms with E-state index in [9.17, 15) is 4.79 Å². The maximum absolute atomic E-state index is 10.2. The molecule has 0 radical (unpaired) electrons. The number of aldehydes is 1. The Balaban J connectivity index is 3.18. The Kier molecular flexibility index (Phi) is 1.58. The lowest BCUT2D eigenvalue weighted by Crippen LogP contribution is -1.80. The van der Waals surface area contributed by atoms with Crippen LogP contribution in [0.1, 0.15) is 16.1 Å². The highest BCUT2D eigenvalue weighted by molar-refractivity contribution is 6.31. The van der Waals surface area contributed by atoms with E-state index >= 15 is 0 Å². The molecular weight excluding hydrogens is 138 g/mol. The van der Waals surface area contributed by atoms with Gasteiger partial charge in [0, 0.05) is 6.20 Å². The first-order valence-electron chi connectivity index (χ1n) is 2.54. The van der Waals surface area contributed by atoms with Gasteiger partial charge < -0.3 is 4.98 Å². The SMILES string of the molecule is Cc1c(Cl)c[nH]c1C=O. The number of H-pyrrole nitrogens is 1. The summed E-state index contributed by atoms with van der Waals surface area (Å²) in [5.74, 6) is 0. The van der Waals surface area contributed by atoms with Crippen molar-refractivity contribution < 1.29 is 4.79 Å². The molecular formula is C6H6ClNO. The number of aromatic amines is 1. The quantitative estimate of drug-likeness (QED) is 0.598. The maximum atomic E-state index is 10.2. The Morgan fingerprint density at radius 3 is 2.67 bits per heavy atom. The Hall–Kier alpha value is -0.760. The van der Waals surface area contributed by atoms with E-state index in [1.807, 2.05) is 0 Å². The van der Waals surface area contributed by atoms with Crippen LogP contribution in [0.4, 0.5) is 0 Å². The van der Waals surface area contributed by atoms with Gasteiger partial charge in [0.2, 0.25) is 0 Å². The molecule has 0 bridgehead atoms. The minimum absolute atomic E-state index is 0.556. The highest BCUT2D eigenvalue weighted by atomic mass is 35.5. The molecule has 1 N–H and O–H groups in total. The van der Waals surface area contributed by atoms with Gasteiger partial charge in [-0.15, -0.1) is 0 Å². The predicted molar refractivity (Wildman–Crippen MR) is 35.9 cm³/mol. The first kappa shape index (κ1) is 6.36. The molecule has 0 aliphatic carbocycles. The topological polar surface area (TPSA) is 32.9 Å². The molecule has 0 aromatic carbocycles. The van der Waals surface area contributed by atoms with Gasteiger partial charge in [0.05, 0.1) is 10.7 Å². The van der Waals surface area contributed by atoms with Crippen molar-refractivity contribution in [2.24, 2.45) is 0 Å². The normalized spacial score (nSPS) is 9.56. The highest BCUT2D eigenvalue weighted by Gasteiger charge is 2.01. The van der Waals surface area contributed by atoms with E-state index in [4.69, 9.17) is 11.6 Å². The first-order chi connectivity index (χ1) is 4.25. The van der Waals surface area contributed by atoms with Gasteiger partial charge in [0.25, 0.3) is 0 Å². The molecule has 1 heterocycles. The van der Waals surface area contributed by atoms with Crippen molar-refractivity contribution in [3.8, 4) is 0 Å². The molecule has 0 fully saturated rings. The third-order valence-electron chi connectivity index (χ3n) is 1.23. The van der Waals surface area contributed by atoms with Gasteiger partial charge in [0.1, 0.15) is 0 Å².